The maximum atomic E-state index is 12.3. The summed E-state index contributed by atoms with van der Waals surface area (Å²) in [7, 11) is 1.60. The second-order valence-electron chi connectivity index (χ2n) is 5.58. The zero-order valence-corrected chi connectivity index (χ0v) is 15.0. The number of rotatable bonds is 5. The molecular weight excluding hydrogens is 352 g/mol. The van der Waals surface area contributed by atoms with Gasteiger partial charge in [0.2, 0.25) is 0 Å². The molecule has 0 unspecified atom stereocenters. The van der Waals surface area contributed by atoms with Crippen molar-refractivity contribution in [3.63, 3.8) is 0 Å². The third kappa shape index (κ3) is 4.29. The van der Waals surface area contributed by atoms with Crippen LogP contribution < -0.4 is 15.4 Å². The molecule has 1 heterocycles. The van der Waals surface area contributed by atoms with Crippen LogP contribution in [0.3, 0.4) is 0 Å². The molecule has 132 valence electrons. The molecule has 0 bridgehead atoms. The number of hydrogen-bond acceptors (Lipinski definition) is 5. The number of ether oxygens (including phenoxy) is 1. The number of nitrogens with one attached hydrogen (secondary N) is 2. The second-order valence-corrected chi connectivity index (χ2v) is 5.99. The van der Waals surface area contributed by atoms with Crippen molar-refractivity contribution < 1.29 is 9.53 Å². The number of amides is 1. The molecule has 2 aromatic carbocycles. The van der Waals surface area contributed by atoms with E-state index < -0.39 is 0 Å². The van der Waals surface area contributed by atoms with Crippen LogP contribution in [-0.2, 0) is 0 Å². The van der Waals surface area contributed by atoms with Gasteiger partial charge in [0, 0.05) is 22.5 Å². The van der Waals surface area contributed by atoms with Gasteiger partial charge in [-0.3, -0.25) is 4.79 Å². The molecule has 0 fully saturated rings. The lowest BCUT2D eigenvalue weighted by molar-refractivity contribution is 0.102. The molecule has 6 nitrogen and oxygen atoms in total. The molecule has 1 amide bonds. The normalized spacial score (nSPS) is 10.3. The molecule has 0 aliphatic carbocycles. The van der Waals surface area contributed by atoms with Gasteiger partial charge < -0.3 is 15.4 Å². The van der Waals surface area contributed by atoms with Crippen LogP contribution in [0.15, 0.2) is 54.6 Å². The number of halogens is 1. The summed E-state index contributed by atoms with van der Waals surface area (Å²) in [4.78, 5) is 12.3. The van der Waals surface area contributed by atoms with E-state index in [1.54, 1.807) is 31.4 Å². The molecule has 0 aliphatic heterocycles. The first-order valence-electron chi connectivity index (χ1n) is 7.87. The van der Waals surface area contributed by atoms with E-state index in [0.29, 0.717) is 16.5 Å². The van der Waals surface area contributed by atoms with Crippen molar-refractivity contribution in [3.05, 3.63) is 70.9 Å². The fourth-order valence-electron chi connectivity index (χ4n) is 2.23. The molecular formula is C19H17ClN4O2. The van der Waals surface area contributed by atoms with Gasteiger partial charge in [0.15, 0.2) is 11.5 Å². The van der Waals surface area contributed by atoms with E-state index in [4.69, 9.17) is 16.3 Å². The quantitative estimate of drug-likeness (QED) is 0.696. The van der Waals surface area contributed by atoms with Crippen LogP contribution in [0.5, 0.6) is 5.75 Å². The zero-order chi connectivity index (χ0) is 18.5. The Balaban J connectivity index is 1.68. The molecule has 0 atom stereocenters. The molecule has 0 saturated carbocycles. The molecule has 3 aromatic rings. The van der Waals surface area contributed by atoms with Crippen molar-refractivity contribution >= 4 is 34.7 Å². The van der Waals surface area contributed by atoms with Crippen molar-refractivity contribution in [1.29, 1.82) is 0 Å². The van der Waals surface area contributed by atoms with Crippen LogP contribution in [0, 0.1) is 6.92 Å². The van der Waals surface area contributed by atoms with E-state index >= 15 is 0 Å². The lowest BCUT2D eigenvalue weighted by atomic mass is 10.2. The van der Waals surface area contributed by atoms with Crippen LogP contribution in [0.4, 0.5) is 17.2 Å². The highest BCUT2D eigenvalue weighted by Crippen LogP contribution is 2.21. The molecule has 0 saturated heterocycles. The largest absolute Gasteiger partial charge is 0.497 e. The summed E-state index contributed by atoms with van der Waals surface area (Å²) in [5.41, 5.74) is 2.56. The fraction of sp³-hybridized carbons (Fsp3) is 0.105. The van der Waals surface area contributed by atoms with Crippen molar-refractivity contribution in [2.45, 2.75) is 6.92 Å². The number of benzene rings is 2. The van der Waals surface area contributed by atoms with Crippen LogP contribution in [0.25, 0.3) is 0 Å². The average molecular weight is 369 g/mol. The molecule has 2 N–H and O–H groups in total. The number of methoxy groups -OCH3 is 1. The third-order valence-electron chi connectivity index (χ3n) is 3.67. The zero-order valence-electron chi connectivity index (χ0n) is 14.3. The molecule has 1 aromatic heterocycles. The van der Waals surface area contributed by atoms with Gasteiger partial charge in [0.25, 0.3) is 5.91 Å². The van der Waals surface area contributed by atoms with Crippen LogP contribution in [0.2, 0.25) is 5.02 Å². The van der Waals surface area contributed by atoms with Crippen molar-refractivity contribution in [3.8, 4) is 5.75 Å². The minimum absolute atomic E-state index is 0.206. The van der Waals surface area contributed by atoms with Crippen LogP contribution in [0.1, 0.15) is 16.1 Å². The number of carbonyl (C=O) groups is 1. The average Bonchev–Trinajstić information content (AvgIpc) is 2.65. The smallest absolute Gasteiger partial charge is 0.276 e. The SMILES string of the molecule is COc1cccc(Nc2ccc(C(=O)Nc3ccc(C)c(Cl)c3)nn2)c1. The van der Waals surface area contributed by atoms with E-state index in [0.717, 1.165) is 17.0 Å². The molecule has 7 heteroatoms. The standard InChI is InChI=1S/C19H17ClN4O2/c1-12-6-7-14(11-16(12)20)22-19(25)17-8-9-18(24-23-17)21-13-4-3-5-15(10-13)26-2/h3-11H,1-2H3,(H,21,24)(H,22,25). The highest BCUT2D eigenvalue weighted by Gasteiger charge is 2.10. The third-order valence-corrected chi connectivity index (χ3v) is 4.08. The maximum Gasteiger partial charge on any atom is 0.276 e. The number of anilines is 3. The summed E-state index contributed by atoms with van der Waals surface area (Å²) in [6.45, 7) is 1.90. The highest BCUT2D eigenvalue weighted by molar-refractivity contribution is 6.31. The Bertz CT molecular complexity index is 929. The molecule has 0 radical (unpaired) electrons. The predicted molar refractivity (Wildman–Crippen MR) is 102 cm³/mol. The Morgan fingerprint density at radius 1 is 1.04 bits per heavy atom. The van der Waals surface area contributed by atoms with E-state index in [9.17, 15) is 4.79 Å². The summed E-state index contributed by atoms with van der Waals surface area (Å²) in [5.74, 6) is 0.897. The molecule has 0 spiro atoms. The van der Waals surface area contributed by atoms with Gasteiger partial charge in [-0.2, -0.15) is 0 Å². The topological polar surface area (TPSA) is 76.1 Å². The van der Waals surface area contributed by atoms with E-state index in [-0.39, 0.29) is 11.6 Å². The second kappa shape index (κ2) is 7.84. The van der Waals surface area contributed by atoms with Crippen molar-refractivity contribution in [1.82, 2.24) is 10.2 Å². The molecule has 26 heavy (non-hydrogen) atoms. The maximum absolute atomic E-state index is 12.3. The van der Waals surface area contributed by atoms with E-state index in [2.05, 4.69) is 20.8 Å². The Morgan fingerprint density at radius 2 is 1.88 bits per heavy atom. The number of aromatic nitrogens is 2. The van der Waals surface area contributed by atoms with Crippen molar-refractivity contribution in [2.75, 3.05) is 17.7 Å². The Hall–Kier alpha value is -3.12. The first kappa shape index (κ1) is 17.7. The van der Waals surface area contributed by atoms with Crippen LogP contribution >= 0.6 is 11.6 Å². The predicted octanol–water partition coefficient (Wildman–Crippen LogP) is 4.44. The summed E-state index contributed by atoms with van der Waals surface area (Å²) >= 11 is 6.07. The minimum Gasteiger partial charge on any atom is -0.497 e. The van der Waals surface area contributed by atoms with Crippen LogP contribution in [-0.4, -0.2) is 23.2 Å². The summed E-state index contributed by atoms with van der Waals surface area (Å²) in [6, 6.07) is 16.0. The van der Waals surface area contributed by atoms with Gasteiger partial charge in [0.05, 0.1) is 7.11 Å². The Labute approximate surface area is 156 Å². The fourth-order valence-corrected chi connectivity index (χ4v) is 2.42. The van der Waals surface area contributed by atoms with Gasteiger partial charge in [0.1, 0.15) is 5.75 Å². The lowest BCUT2D eigenvalue weighted by Crippen LogP contribution is -2.14. The number of nitrogens with zero attached hydrogens (tertiary/aromatic N) is 2. The van der Waals surface area contributed by atoms with Crippen molar-refractivity contribution in [2.24, 2.45) is 0 Å². The summed E-state index contributed by atoms with van der Waals surface area (Å²) in [6.07, 6.45) is 0. The lowest BCUT2D eigenvalue weighted by Gasteiger charge is -2.08. The summed E-state index contributed by atoms with van der Waals surface area (Å²) < 4.78 is 5.18. The summed E-state index contributed by atoms with van der Waals surface area (Å²) in [5, 5.41) is 14.4. The first-order valence-corrected chi connectivity index (χ1v) is 8.25. The van der Waals surface area contributed by atoms with Gasteiger partial charge >= 0.3 is 0 Å². The molecule has 0 aliphatic rings. The van der Waals surface area contributed by atoms with Gasteiger partial charge in [-0.25, -0.2) is 0 Å². The number of hydrogen-bond donors (Lipinski definition) is 2. The minimum atomic E-state index is -0.356. The monoisotopic (exact) mass is 368 g/mol. The van der Waals surface area contributed by atoms with E-state index in [1.807, 2.05) is 37.3 Å². The number of carbonyl (C=O) groups excluding carboxylic acids is 1. The van der Waals surface area contributed by atoms with Gasteiger partial charge in [-0.05, 0) is 48.9 Å². The number of aryl methyl sites for hydroxylation is 1. The van der Waals surface area contributed by atoms with E-state index in [1.165, 1.54) is 0 Å². The molecule has 3 rings (SSSR count). The van der Waals surface area contributed by atoms with Gasteiger partial charge in [-0.15, -0.1) is 10.2 Å². The van der Waals surface area contributed by atoms with Gasteiger partial charge in [-0.1, -0.05) is 23.7 Å². The highest BCUT2D eigenvalue weighted by atomic mass is 35.5. The Morgan fingerprint density at radius 3 is 2.58 bits per heavy atom. The Kier molecular flexibility index (Phi) is 5.34. The first-order chi connectivity index (χ1) is 12.5.